The molecule has 0 fully saturated rings. The van der Waals surface area contributed by atoms with Crippen molar-refractivity contribution in [2.24, 2.45) is 5.41 Å². The first kappa shape index (κ1) is 60.4. The van der Waals surface area contributed by atoms with Crippen molar-refractivity contribution in [3.8, 4) is 0 Å². The van der Waals surface area contributed by atoms with E-state index in [0.29, 0.717) is 19.3 Å². The van der Waals surface area contributed by atoms with E-state index >= 15 is 0 Å². The second kappa shape index (κ2) is 37.6. The van der Waals surface area contributed by atoms with E-state index in [0.717, 1.165) is 82.2 Å². The van der Waals surface area contributed by atoms with Gasteiger partial charge >= 0.3 is 31.3 Å². The number of hydrogen-bond acceptors (Lipinski definition) is 18. The summed E-state index contributed by atoms with van der Waals surface area (Å²) in [6.45, 7) is -1.14. The number of hydrogen-bond donors (Lipinski definition) is 7. The molecule has 0 heterocycles. The third-order valence-corrected chi connectivity index (χ3v) is 12.9. The average Bonchev–Trinajstić information content (AvgIpc) is 3.18. The molecule has 0 amide bonds. The van der Waals surface area contributed by atoms with Crippen LogP contribution in [0.5, 0.6) is 0 Å². The molecule has 0 saturated carbocycles. The van der Waals surface area contributed by atoms with Crippen LogP contribution in [0.4, 0.5) is 0 Å². The Balaban J connectivity index is 5.29. The Bertz CT molecular complexity index is 1080. The Kier molecular flexibility index (Phi) is 38.4. The van der Waals surface area contributed by atoms with Gasteiger partial charge in [-0.05, 0) is 75.0 Å². The van der Waals surface area contributed by atoms with Gasteiger partial charge in [0.15, 0.2) is 0 Å². The minimum Gasteiger partial charge on any atom is -0.381 e. The predicted molar refractivity (Wildman–Crippen MR) is 234 cm³/mol. The van der Waals surface area contributed by atoms with Gasteiger partial charge in [-0.1, -0.05) is 38.5 Å². The molecule has 0 spiro atoms. The van der Waals surface area contributed by atoms with Gasteiger partial charge < -0.3 is 33.8 Å². The third kappa shape index (κ3) is 38.4. The van der Waals surface area contributed by atoms with Crippen molar-refractivity contribution in [3.05, 3.63) is 0 Å². The van der Waals surface area contributed by atoms with E-state index in [2.05, 4.69) is 42.4 Å². The van der Waals surface area contributed by atoms with Gasteiger partial charge in [0.2, 0.25) is 0 Å². The zero-order valence-corrected chi connectivity index (χ0v) is 40.7. The smallest absolute Gasteiger partial charge is 0.381 e. The lowest BCUT2D eigenvalue weighted by atomic mass is 9.92. The molecule has 4 atom stereocenters. The maximum absolute atomic E-state index is 12.3. The molecule has 0 rings (SSSR count). The Morgan fingerprint density at radius 1 is 0.356 bits per heavy atom. The molecule has 4 unspecified atom stereocenters. The molecule has 0 saturated heterocycles. The van der Waals surface area contributed by atoms with Crippen molar-refractivity contribution in [2.75, 3.05) is 110 Å². The molecular formula is C33H72O19P4S3. The van der Waals surface area contributed by atoms with Crippen molar-refractivity contribution in [2.45, 2.75) is 96.3 Å². The fraction of sp³-hybridized carbons (Fsp3) is 1.00. The number of ether oxygens (including phenoxy) is 3. The summed E-state index contributed by atoms with van der Waals surface area (Å²) in [7, 11) is -16.3. The normalized spacial score (nSPS) is 17.2. The highest BCUT2D eigenvalue weighted by molar-refractivity contribution is 7.80. The summed E-state index contributed by atoms with van der Waals surface area (Å²) in [6, 6.07) is 0. The zero-order chi connectivity index (χ0) is 44.2. The fourth-order valence-corrected chi connectivity index (χ4v) is 8.36. The number of thiol groups is 3. The van der Waals surface area contributed by atoms with Crippen molar-refractivity contribution < 1.29 is 88.2 Å². The van der Waals surface area contributed by atoms with E-state index in [4.69, 9.17) is 45.9 Å². The molecule has 356 valence electrons. The largest absolute Gasteiger partial charge is 0.472 e. The topological polar surface area (TPSA) is 251 Å². The van der Waals surface area contributed by atoms with Gasteiger partial charge in [-0.15, -0.1) is 0 Å². The molecule has 26 heteroatoms. The summed E-state index contributed by atoms with van der Waals surface area (Å²) in [4.78, 5) is 40.0. The van der Waals surface area contributed by atoms with Crippen LogP contribution in [0.15, 0.2) is 0 Å². The number of rotatable bonds is 46. The van der Waals surface area contributed by atoms with Crippen LogP contribution in [0.3, 0.4) is 0 Å². The highest BCUT2D eigenvalue weighted by Gasteiger charge is 2.36. The Morgan fingerprint density at radius 3 is 0.898 bits per heavy atom. The molecule has 0 aromatic rings. The van der Waals surface area contributed by atoms with E-state index in [9.17, 15) is 37.8 Å². The third-order valence-electron chi connectivity index (χ3n) is 7.97. The monoisotopic (exact) mass is 992 g/mol. The lowest BCUT2D eigenvalue weighted by Gasteiger charge is -2.33. The van der Waals surface area contributed by atoms with Crippen LogP contribution in [0.1, 0.15) is 96.3 Å². The summed E-state index contributed by atoms with van der Waals surface area (Å²) >= 11 is 12.5. The Morgan fingerprint density at radius 2 is 0.627 bits per heavy atom. The first-order chi connectivity index (χ1) is 28.1. The van der Waals surface area contributed by atoms with Crippen LogP contribution in [-0.4, -0.2) is 130 Å². The lowest BCUT2D eigenvalue weighted by Crippen LogP contribution is -2.42. The van der Waals surface area contributed by atoms with E-state index in [1.807, 2.05) is 0 Å². The van der Waals surface area contributed by atoms with Gasteiger partial charge in [0, 0.05) is 26.9 Å². The molecule has 0 bridgehead atoms. The summed E-state index contributed by atoms with van der Waals surface area (Å²) < 4.78 is 107. The number of phosphoric ester groups is 4. The summed E-state index contributed by atoms with van der Waals surface area (Å²) in [5.74, 6) is 2.32. The van der Waals surface area contributed by atoms with Crippen molar-refractivity contribution in [1.82, 2.24) is 0 Å². The van der Waals surface area contributed by atoms with Gasteiger partial charge in [0.05, 0.1) is 71.5 Å². The number of phosphoric acid groups is 4. The molecule has 0 aliphatic carbocycles. The van der Waals surface area contributed by atoms with Gasteiger partial charge in [-0.25, -0.2) is 18.3 Å². The van der Waals surface area contributed by atoms with Crippen LogP contribution in [-0.2, 0) is 68.7 Å². The Hall–Kier alpha value is 1.37. The summed E-state index contributed by atoms with van der Waals surface area (Å²) in [6.07, 6.45) is 10.5. The second-order valence-corrected chi connectivity index (χ2v) is 20.7. The fourth-order valence-electron chi connectivity index (χ4n) is 4.76. The van der Waals surface area contributed by atoms with Crippen molar-refractivity contribution in [3.63, 3.8) is 0 Å². The van der Waals surface area contributed by atoms with E-state index < -0.39 is 43.3 Å². The molecule has 0 aromatic heterocycles. The van der Waals surface area contributed by atoms with Gasteiger partial charge in [-0.2, -0.15) is 37.9 Å². The highest BCUT2D eigenvalue weighted by atomic mass is 32.1. The molecule has 0 radical (unpaired) electrons. The molecule has 0 aliphatic heterocycles. The maximum Gasteiger partial charge on any atom is 0.472 e. The molecule has 0 aromatic carbocycles. The van der Waals surface area contributed by atoms with Crippen molar-refractivity contribution >= 4 is 69.2 Å². The maximum atomic E-state index is 12.3. The van der Waals surface area contributed by atoms with E-state index in [1.54, 1.807) is 0 Å². The standard InChI is InChI=1S/C33H72O19P4S3/c1-42-53(34,35)52-32-33(29-43-17-14-23-49-54(36,37)46-20-8-2-5-11-26-57,30-44-18-15-24-50-55(38,39)47-21-9-3-6-12-27-58)31-45-19-16-25-51-56(40,41)48-22-10-4-7-13-28-59/h57-59H,2-32H2,1H3,(H,34,35)(H,36,37)(H,38,39)(H,40,41). The van der Waals surface area contributed by atoms with E-state index in [1.165, 1.54) is 0 Å². The first-order valence-corrected chi connectivity index (χ1v) is 27.9. The van der Waals surface area contributed by atoms with Crippen LogP contribution in [0.25, 0.3) is 0 Å². The zero-order valence-electron chi connectivity index (χ0n) is 34.5. The molecule has 4 N–H and O–H groups in total. The highest BCUT2D eigenvalue weighted by Crippen LogP contribution is 2.46. The molecule has 0 aliphatic rings. The molecular weight excluding hydrogens is 920 g/mol. The van der Waals surface area contributed by atoms with E-state index in [-0.39, 0.29) is 98.5 Å². The second-order valence-electron chi connectivity index (χ2n) is 13.5. The predicted octanol–water partition coefficient (Wildman–Crippen LogP) is 7.83. The number of unbranched alkanes of at least 4 members (excludes halogenated alkanes) is 9. The van der Waals surface area contributed by atoms with Crippen LogP contribution in [0.2, 0.25) is 0 Å². The molecule has 59 heavy (non-hydrogen) atoms. The van der Waals surface area contributed by atoms with Crippen LogP contribution >= 0.6 is 69.2 Å². The van der Waals surface area contributed by atoms with Gasteiger partial charge in [-0.3, -0.25) is 36.2 Å². The molecule has 19 nitrogen and oxygen atoms in total. The van der Waals surface area contributed by atoms with Crippen LogP contribution < -0.4 is 0 Å². The van der Waals surface area contributed by atoms with Crippen LogP contribution in [0, 0.1) is 5.41 Å². The quantitative estimate of drug-likeness (QED) is 0.0174. The SMILES string of the molecule is COP(=O)(O)OCC(COCCCOP(=O)(O)OCCCCCCS)(COCCCOP(=O)(O)OCCCCCCS)COCCCOP(=O)(O)OCCCCCCS. The minimum atomic E-state index is -4.48. The minimum absolute atomic E-state index is 0.0240. The van der Waals surface area contributed by atoms with Gasteiger partial charge in [0.1, 0.15) is 0 Å². The average molecular weight is 993 g/mol. The first-order valence-electron chi connectivity index (χ1n) is 20.0. The summed E-state index contributed by atoms with van der Waals surface area (Å²) in [5, 5.41) is 0. The van der Waals surface area contributed by atoms with Crippen molar-refractivity contribution in [1.29, 1.82) is 0 Å². The lowest BCUT2D eigenvalue weighted by molar-refractivity contribution is -0.0939. The van der Waals surface area contributed by atoms with Gasteiger partial charge in [0.25, 0.3) is 0 Å². The summed E-state index contributed by atoms with van der Waals surface area (Å²) in [5.41, 5.74) is -1.24. The Labute approximate surface area is 368 Å².